The largest absolute Gasteiger partial charge is 0.382 e. The van der Waals surface area contributed by atoms with E-state index in [1.807, 2.05) is 12.3 Å². The van der Waals surface area contributed by atoms with Gasteiger partial charge in [0.05, 0.1) is 18.9 Å². The number of nitrogens with zero attached hydrogens (tertiary/aromatic N) is 3. The molecule has 0 saturated carbocycles. The molecule has 2 N–H and O–H groups in total. The maximum Gasteiger partial charge on any atom is 0.154 e. The number of nitrogens with two attached hydrogens (primary N) is 1. The second kappa shape index (κ2) is 3.88. The number of ether oxygens (including phenoxy) is 1. The highest BCUT2D eigenvalue weighted by atomic mass is 16.5. The second-order valence-electron chi connectivity index (χ2n) is 5.45. The lowest BCUT2D eigenvalue weighted by Crippen LogP contribution is -2.21. The molecule has 1 saturated heterocycles. The number of anilines is 1. The van der Waals surface area contributed by atoms with Gasteiger partial charge in [-0.2, -0.15) is 5.10 Å². The van der Waals surface area contributed by atoms with Gasteiger partial charge in [-0.1, -0.05) is 13.8 Å². The van der Waals surface area contributed by atoms with E-state index in [1.165, 1.54) is 0 Å². The molecule has 0 amide bonds. The van der Waals surface area contributed by atoms with Gasteiger partial charge in [0.25, 0.3) is 0 Å². The van der Waals surface area contributed by atoms with Crippen LogP contribution in [0.25, 0.3) is 10.8 Å². The Morgan fingerprint density at radius 3 is 2.89 bits per heavy atom. The standard InChI is InChI=1S/C13H16N4O/c1-13(2)7-18-6-10(13)11-9-5-15-4-3-8(9)12(14)17-16-11/h3-5,10H,6-7H2,1-2H3,(H2,14,17). The summed E-state index contributed by atoms with van der Waals surface area (Å²) < 4.78 is 5.59. The van der Waals surface area contributed by atoms with Gasteiger partial charge in [-0.3, -0.25) is 4.98 Å². The van der Waals surface area contributed by atoms with Crippen LogP contribution in [-0.2, 0) is 4.74 Å². The van der Waals surface area contributed by atoms with Gasteiger partial charge >= 0.3 is 0 Å². The van der Waals surface area contributed by atoms with Crippen molar-refractivity contribution in [2.45, 2.75) is 19.8 Å². The first kappa shape index (κ1) is 11.3. The van der Waals surface area contributed by atoms with Gasteiger partial charge in [0.15, 0.2) is 5.82 Å². The van der Waals surface area contributed by atoms with Crippen LogP contribution in [0.1, 0.15) is 25.5 Å². The Labute approximate surface area is 105 Å². The van der Waals surface area contributed by atoms with E-state index in [4.69, 9.17) is 10.5 Å². The first-order chi connectivity index (χ1) is 8.59. The molecule has 5 heteroatoms. The third kappa shape index (κ3) is 1.62. The number of aromatic nitrogens is 3. The summed E-state index contributed by atoms with van der Waals surface area (Å²) in [6.45, 7) is 5.79. The minimum Gasteiger partial charge on any atom is -0.382 e. The van der Waals surface area contributed by atoms with Gasteiger partial charge in [-0.15, -0.1) is 5.10 Å². The molecule has 3 heterocycles. The van der Waals surface area contributed by atoms with E-state index >= 15 is 0 Å². The van der Waals surface area contributed by atoms with Crippen LogP contribution in [0.5, 0.6) is 0 Å². The molecule has 0 radical (unpaired) electrons. The molecule has 1 fully saturated rings. The molecule has 1 unspecified atom stereocenters. The third-order valence-electron chi connectivity index (χ3n) is 3.67. The van der Waals surface area contributed by atoms with Gasteiger partial charge in [0, 0.05) is 29.1 Å². The van der Waals surface area contributed by atoms with Gasteiger partial charge in [0.2, 0.25) is 0 Å². The van der Waals surface area contributed by atoms with Crippen molar-refractivity contribution in [2.75, 3.05) is 18.9 Å². The van der Waals surface area contributed by atoms with Crippen LogP contribution < -0.4 is 5.73 Å². The molecule has 0 aliphatic carbocycles. The Bertz CT molecular complexity index is 597. The van der Waals surface area contributed by atoms with Crippen LogP contribution >= 0.6 is 0 Å². The van der Waals surface area contributed by atoms with E-state index < -0.39 is 0 Å². The summed E-state index contributed by atoms with van der Waals surface area (Å²) in [4.78, 5) is 4.17. The molecule has 1 atom stereocenters. The Kier molecular flexibility index (Phi) is 2.45. The van der Waals surface area contributed by atoms with Crippen molar-refractivity contribution >= 4 is 16.6 Å². The van der Waals surface area contributed by atoms with E-state index in [9.17, 15) is 0 Å². The predicted molar refractivity (Wildman–Crippen MR) is 69.1 cm³/mol. The Balaban J connectivity index is 2.21. The fraction of sp³-hybridized carbons (Fsp3) is 0.462. The van der Waals surface area contributed by atoms with Crippen LogP contribution in [-0.4, -0.2) is 28.4 Å². The van der Waals surface area contributed by atoms with E-state index in [0.29, 0.717) is 12.4 Å². The van der Waals surface area contributed by atoms with Crippen molar-refractivity contribution in [2.24, 2.45) is 5.41 Å². The average Bonchev–Trinajstić information content (AvgIpc) is 2.70. The molecule has 1 aliphatic rings. The number of nitrogen functional groups attached to an aromatic ring is 1. The molecule has 0 bridgehead atoms. The third-order valence-corrected chi connectivity index (χ3v) is 3.67. The number of hydrogen-bond donors (Lipinski definition) is 1. The monoisotopic (exact) mass is 244 g/mol. The zero-order valence-electron chi connectivity index (χ0n) is 10.6. The van der Waals surface area contributed by atoms with Gasteiger partial charge in [-0.25, -0.2) is 0 Å². The Hall–Kier alpha value is -1.75. The van der Waals surface area contributed by atoms with Crippen LogP contribution in [0, 0.1) is 5.41 Å². The van der Waals surface area contributed by atoms with E-state index in [-0.39, 0.29) is 11.3 Å². The van der Waals surface area contributed by atoms with Crippen molar-refractivity contribution in [1.82, 2.24) is 15.2 Å². The number of pyridine rings is 1. The molecule has 0 spiro atoms. The fourth-order valence-corrected chi connectivity index (χ4v) is 2.51. The summed E-state index contributed by atoms with van der Waals surface area (Å²) in [7, 11) is 0. The van der Waals surface area contributed by atoms with Crippen molar-refractivity contribution in [1.29, 1.82) is 0 Å². The fourth-order valence-electron chi connectivity index (χ4n) is 2.51. The topological polar surface area (TPSA) is 73.9 Å². The SMILES string of the molecule is CC1(C)COCC1c1nnc(N)c2ccncc12. The summed E-state index contributed by atoms with van der Waals surface area (Å²) in [6, 6.07) is 1.88. The summed E-state index contributed by atoms with van der Waals surface area (Å²) in [5.41, 5.74) is 6.86. The first-order valence-electron chi connectivity index (χ1n) is 6.03. The zero-order valence-corrected chi connectivity index (χ0v) is 10.6. The number of fused-ring (bicyclic) bond motifs is 1. The first-order valence-corrected chi connectivity index (χ1v) is 6.03. The number of hydrogen-bond acceptors (Lipinski definition) is 5. The van der Waals surface area contributed by atoms with Crippen LogP contribution in [0.2, 0.25) is 0 Å². The van der Waals surface area contributed by atoms with Crippen LogP contribution in [0.4, 0.5) is 5.82 Å². The summed E-state index contributed by atoms with van der Waals surface area (Å²) >= 11 is 0. The lowest BCUT2D eigenvalue weighted by Gasteiger charge is -2.24. The van der Waals surface area contributed by atoms with Crippen LogP contribution in [0.3, 0.4) is 0 Å². The molecule has 5 nitrogen and oxygen atoms in total. The Morgan fingerprint density at radius 1 is 1.33 bits per heavy atom. The highest BCUT2D eigenvalue weighted by Gasteiger charge is 2.39. The maximum atomic E-state index is 5.86. The molecule has 1 aliphatic heterocycles. The molecule has 2 aromatic heterocycles. The summed E-state index contributed by atoms with van der Waals surface area (Å²) in [6.07, 6.45) is 3.53. The van der Waals surface area contributed by atoms with Gasteiger partial charge < -0.3 is 10.5 Å². The van der Waals surface area contributed by atoms with Gasteiger partial charge in [-0.05, 0) is 11.5 Å². The molecule has 0 aromatic carbocycles. The highest BCUT2D eigenvalue weighted by molar-refractivity contribution is 5.91. The lowest BCUT2D eigenvalue weighted by atomic mass is 9.79. The molecule has 94 valence electrons. The van der Waals surface area contributed by atoms with Crippen LogP contribution in [0.15, 0.2) is 18.5 Å². The molecular formula is C13H16N4O. The van der Waals surface area contributed by atoms with Crippen molar-refractivity contribution < 1.29 is 4.74 Å². The lowest BCUT2D eigenvalue weighted by molar-refractivity contribution is 0.167. The van der Waals surface area contributed by atoms with Crippen molar-refractivity contribution in [3.63, 3.8) is 0 Å². The average molecular weight is 244 g/mol. The number of rotatable bonds is 1. The second-order valence-corrected chi connectivity index (χ2v) is 5.45. The minimum atomic E-state index is 0.0631. The molecule has 18 heavy (non-hydrogen) atoms. The smallest absolute Gasteiger partial charge is 0.154 e. The molecular weight excluding hydrogens is 228 g/mol. The zero-order chi connectivity index (χ0) is 12.8. The van der Waals surface area contributed by atoms with Gasteiger partial charge in [0.1, 0.15) is 0 Å². The van der Waals surface area contributed by atoms with Crippen molar-refractivity contribution in [3.05, 3.63) is 24.2 Å². The van der Waals surface area contributed by atoms with E-state index in [1.54, 1.807) is 6.20 Å². The normalized spacial score (nSPS) is 22.4. The predicted octanol–water partition coefficient (Wildman–Crippen LogP) is 1.75. The van der Waals surface area contributed by atoms with E-state index in [2.05, 4.69) is 29.0 Å². The Morgan fingerprint density at radius 2 is 2.17 bits per heavy atom. The summed E-state index contributed by atoms with van der Waals surface area (Å²) in [5.74, 6) is 0.685. The molecule has 3 rings (SSSR count). The highest BCUT2D eigenvalue weighted by Crippen LogP contribution is 2.42. The van der Waals surface area contributed by atoms with E-state index in [0.717, 1.165) is 23.1 Å². The molecule has 2 aromatic rings. The van der Waals surface area contributed by atoms with Crippen molar-refractivity contribution in [3.8, 4) is 0 Å². The minimum absolute atomic E-state index is 0.0631. The summed E-state index contributed by atoms with van der Waals surface area (Å²) in [5, 5.41) is 10.2. The quantitative estimate of drug-likeness (QED) is 0.827. The maximum absolute atomic E-state index is 5.86.